The largest absolute Gasteiger partial charge is 0.279 e. The Kier molecular flexibility index (Phi) is 3.19. The van der Waals surface area contributed by atoms with Gasteiger partial charge in [-0.05, 0) is 32.1 Å². The highest BCUT2D eigenvalue weighted by Gasteiger charge is 2.34. The molecule has 15 heavy (non-hydrogen) atoms. The minimum atomic E-state index is 0.0366. The van der Waals surface area contributed by atoms with Crippen molar-refractivity contribution in [3.63, 3.8) is 0 Å². The van der Waals surface area contributed by atoms with Crippen molar-refractivity contribution in [3.8, 4) is 0 Å². The van der Waals surface area contributed by atoms with Crippen LogP contribution < -0.4 is 0 Å². The number of likely N-dealkylation sites (tertiary alicyclic amines) is 1. The number of allylic oxidation sites excluding steroid dienone is 2. The maximum atomic E-state index is 11.6. The average Bonchev–Trinajstić information content (AvgIpc) is 2.48. The number of carbonyl (C=O) groups excluding carboxylic acids is 2. The zero-order valence-corrected chi connectivity index (χ0v) is 8.95. The Morgan fingerprint density at radius 3 is 2.40 bits per heavy atom. The SMILES string of the molecule is O=C1CCC(=O)N1C1CC/C=C\CCC1. The summed E-state index contributed by atoms with van der Waals surface area (Å²) in [7, 11) is 0. The number of nitrogens with zero attached hydrogens (tertiary/aromatic N) is 1. The van der Waals surface area contributed by atoms with Gasteiger partial charge in [0.15, 0.2) is 0 Å². The zero-order valence-electron chi connectivity index (χ0n) is 8.95. The Hall–Kier alpha value is -1.12. The van der Waals surface area contributed by atoms with Crippen LogP contribution in [0.15, 0.2) is 12.2 Å². The lowest BCUT2D eigenvalue weighted by molar-refractivity contribution is -0.141. The van der Waals surface area contributed by atoms with Crippen molar-refractivity contribution in [2.75, 3.05) is 0 Å². The lowest BCUT2D eigenvalue weighted by Gasteiger charge is -2.26. The number of imide groups is 1. The van der Waals surface area contributed by atoms with Crippen LogP contribution in [0.4, 0.5) is 0 Å². The second-order valence-corrected chi connectivity index (χ2v) is 4.29. The van der Waals surface area contributed by atoms with Gasteiger partial charge in [0.05, 0.1) is 0 Å². The van der Waals surface area contributed by atoms with Crippen LogP contribution in [0.25, 0.3) is 0 Å². The fraction of sp³-hybridized carbons (Fsp3) is 0.667. The van der Waals surface area contributed by atoms with Gasteiger partial charge < -0.3 is 0 Å². The van der Waals surface area contributed by atoms with Crippen LogP contribution in [-0.2, 0) is 9.59 Å². The maximum Gasteiger partial charge on any atom is 0.229 e. The van der Waals surface area contributed by atoms with E-state index < -0.39 is 0 Å². The summed E-state index contributed by atoms with van der Waals surface area (Å²) in [4.78, 5) is 24.7. The molecule has 0 radical (unpaired) electrons. The van der Waals surface area contributed by atoms with Crippen LogP contribution in [0.5, 0.6) is 0 Å². The molecule has 2 aliphatic rings. The van der Waals surface area contributed by atoms with E-state index in [1.807, 2.05) is 0 Å². The van der Waals surface area contributed by atoms with Gasteiger partial charge in [-0.15, -0.1) is 0 Å². The van der Waals surface area contributed by atoms with Gasteiger partial charge in [-0.25, -0.2) is 0 Å². The molecule has 0 bridgehead atoms. The molecule has 2 rings (SSSR count). The molecule has 0 saturated carbocycles. The Morgan fingerprint density at radius 2 is 1.67 bits per heavy atom. The number of carbonyl (C=O) groups is 2. The third kappa shape index (κ3) is 2.28. The smallest absolute Gasteiger partial charge is 0.229 e. The van der Waals surface area contributed by atoms with E-state index in [1.165, 1.54) is 4.90 Å². The highest BCUT2D eigenvalue weighted by atomic mass is 16.2. The Morgan fingerprint density at radius 1 is 1.00 bits per heavy atom. The summed E-state index contributed by atoms with van der Waals surface area (Å²) in [5.41, 5.74) is 0. The minimum absolute atomic E-state index is 0.0366. The standard InChI is InChI=1S/C12H17NO2/c14-11-8-9-12(15)13(11)10-6-4-2-1-3-5-7-10/h1-2,10H,3-9H2/b2-1-. The molecule has 2 amide bonds. The molecule has 1 aliphatic carbocycles. The molecule has 0 aromatic heterocycles. The molecule has 1 saturated heterocycles. The molecule has 1 unspecified atom stereocenters. The van der Waals surface area contributed by atoms with Crippen molar-refractivity contribution < 1.29 is 9.59 Å². The van der Waals surface area contributed by atoms with Crippen LogP contribution >= 0.6 is 0 Å². The molecular weight excluding hydrogens is 190 g/mol. The first-order chi connectivity index (χ1) is 7.29. The minimum Gasteiger partial charge on any atom is -0.279 e. The molecule has 1 heterocycles. The van der Waals surface area contributed by atoms with Crippen LogP contribution in [0.2, 0.25) is 0 Å². The average molecular weight is 207 g/mol. The molecule has 1 fully saturated rings. The van der Waals surface area contributed by atoms with Crippen molar-refractivity contribution in [1.82, 2.24) is 4.90 Å². The van der Waals surface area contributed by atoms with E-state index in [-0.39, 0.29) is 17.9 Å². The van der Waals surface area contributed by atoms with Crippen molar-refractivity contribution in [3.05, 3.63) is 12.2 Å². The molecule has 0 N–H and O–H groups in total. The lowest BCUT2D eigenvalue weighted by Crippen LogP contribution is -2.39. The van der Waals surface area contributed by atoms with E-state index in [0.717, 1.165) is 32.1 Å². The van der Waals surface area contributed by atoms with Crippen LogP contribution in [-0.4, -0.2) is 22.8 Å². The summed E-state index contributed by atoms with van der Waals surface area (Å²) in [6.45, 7) is 0. The Labute approximate surface area is 90.1 Å². The number of hydrogen-bond donors (Lipinski definition) is 0. The van der Waals surface area contributed by atoms with E-state index in [1.54, 1.807) is 0 Å². The van der Waals surface area contributed by atoms with E-state index in [0.29, 0.717) is 12.8 Å². The predicted octanol–water partition coefficient (Wildman–Crippen LogP) is 2.02. The second-order valence-electron chi connectivity index (χ2n) is 4.29. The fourth-order valence-electron chi connectivity index (χ4n) is 2.40. The van der Waals surface area contributed by atoms with Crippen molar-refractivity contribution in [2.45, 2.75) is 51.0 Å². The highest BCUT2D eigenvalue weighted by Crippen LogP contribution is 2.23. The van der Waals surface area contributed by atoms with Gasteiger partial charge in [0.25, 0.3) is 0 Å². The van der Waals surface area contributed by atoms with Crippen LogP contribution in [0.3, 0.4) is 0 Å². The van der Waals surface area contributed by atoms with Crippen LogP contribution in [0, 0.1) is 0 Å². The van der Waals surface area contributed by atoms with Crippen LogP contribution in [0.1, 0.15) is 44.9 Å². The van der Waals surface area contributed by atoms with Gasteiger partial charge in [-0.2, -0.15) is 0 Å². The van der Waals surface area contributed by atoms with Gasteiger partial charge in [0, 0.05) is 18.9 Å². The highest BCUT2D eigenvalue weighted by molar-refractivity contribution is 6.02. The number of rotatable bonds is 1. The Bertz CT molecular complexity index is 280. The normalized spacial score (nSPS) is 30.1. The summed E-state index contributed by atoms with van der Waals surface area (Å²) < 4.78 is 0. The molecular formula is C12H17NO2. The molecule has 3 heteroatoms. The van der Waals surface area contributed by atoms with Crippen molar-refractivity contribution in [1.29, 1.82) is 0 Å². The molecule has 0 spiro atoms. The molecule has 3 nitrogen and oxygen atoms in total. The zero-order chi connectivity index (χ0) is 10.7. The van der Waals surface area contributed by atoms with Crippen molar-refractivity contribution in [2.24, 2.45) is 0 Å². The third-order valence-corrected chi connectivity index (χ3v) is 3.20. The van der Waals surface area contributed by atoms with Gasteiger partial charge in [-0.3, -0.25) is 14.5 Å². The second kappa shape index (κ2) is 4.60. The van der Waals surface area contributed by atoms with E-state index in [2.05, 4.69) is 12.2 Å². The van der Waals surface area contributed by atoms with Crippen molar-refractivity contribution >= 4 is 11.8 Å². The molecule has 0 aromatic carbocycles. The first-order valence-electron chi connectivity index (χ1n) is 5.79. The summed E-state index contributed by atoms with van der Waals surface area (Å²) in [5.74, 6) is 0.0732. The monoisotopic (exact) mass is 207 g/mol. The first-order valence-corrected chi connectivity index (χ1v) is 5.79. The lowest BCUT2D eigenvalue weighted by atomic mass is 10.00. The van der Waals surface area contributed by atoms with E-state index >= 15 is 0 Å². The number of hydrogen-bond acceptors (Lipinski definition) is 2. The molecule has 82 valence electrons. The van der Waals surface area contributed by atoms with Gasteiger partial charge >= 0.3 is 0 Å². The quantitative estimate of drug-likeness (QED) is 0.487. The summed E-state index contributed by atoms with van der Waals surface area (Å²) in [6, 6.07) is 0.164. The van der Waals surface area contributed by atoms with E-state index in [4.69, 9.17) is 0 Å². The topological polar surface area (TPSA) is 37.4 Å². The first kappa shape index (κ1) is 10.4. The molecule has 0 aromatic rings. The predicted molar refractivity (Wildman–Crippen MR) is 57.1 cm³/mol. The van der Waals surface area contributed by atoms with Gasteiger partial charge in [-0.1, -0.05) is 12.2 Å². The number of amides is 2. The maximum absolute atomic E-state index is 11.6. The summed E-state index contributed by atoms with van der Waals surface area (Å²) >= 11 is 0. The summed E-state index contributed by atoms with van der Waals surface area (Å²) in [6.07, 6.45) is 10.3. The van der Waals surface area contributed by atoms with E-state index in [9.17, 15) is 9.59 Å². The molecule has 1 aliphatic heterocycles. The Balaban J connectivity index is 2.04. The van der Waals surface area contributed by atoms with Gasteiger partial charge in [0.1, 0.15) is 0 Å². The van der Waals surface area contributed by atoms with Gasteiger partial charge in [0.2, 0.25) is 11.8 Å². The fourth-order valence-corrected chi connectivity index (χ4v) is 2.40. The summed E-state index contributed by atoms with van der Waals surface area (Å²) in [5, 5.41) is 0. The third-order valence-electron chi connectivity index (χ3n) is 3.20. The molecule has 1 atom stereocenters.